The van der Waals surface area contributed by atoms with Crippen LogP contribution in [0.25, 0.3) is 0 Å². The van der Waals surface area contributed by atoms with Gasteiger partial charge in [0.05, 0.1) is 10.6 Å². The highest BCUT2D eigenvalue weighted by atomic mass is 35.5. The summed E-state index contributed by atoms with van der Waals surface area (Å²) >= 11 is 5.39. The van der Waals surface area contributed by atoms with Crippen LogP contribution >= 0.6 is 11.6 Å². The van der Waals surface area contributed by atoms with E-state index in [0.717, 1.165) is 12.1 Å². The predicted molar refractivity (Wildman–Crippen MR) is 69.7 cm³/mol. The molecule has 0 aliphatic carbocycles. The summed E-state index contributed by atoms with van der Waals surface area (Å²) in [5.41, 5.74) is -0.433. The number of hydrogen-bond acceptors (Lipinski definition) is 2. The number of hydrogen-bond donors (Lipinski definition) is 2. The molecule has 4 nitrogen and oxygen atoms in total. The fourth-order valence-corrected chi connectivity index (χ4v) is 1.68. The standard InChI is InChI=1S/C13H14ClF2NO3/c1-7(2-3-12(18)19)6-17-13(20)8-4-11(16)9(14)5-10(8)15/h4-5,7H,2-3,6H2,1H3,(H,17,20)(H,18,19). The lowest BCUT2D eigenvalue weighted by Crippen LogP contribution is -2.29. The van der Waals surface area contributed by atoms with Gasteiger partial charge < -0.3 is 10.4 Å². The van der Waals surface area contributed by atoms with E-state index in [1.54, 1.807) is 6.92 Å². The van der Waals surface area contributed by atoms with E-state index in [1.807, 2.05) is 0 Å². The molecule has 0 bridgehead atoms. The summed E-state index contributed by atoms with van der Waals surface area (Å²) in [6.45, 7) is 1.93. The van der Waals surface area contributed by atoms with Crippen LogP contribution in [0.5, 0.6) is 0 Å². The van der Waals surface area contributed by atoms with Gasteiger partial charge in [-0.1, -0.05) is 18.5 Å². The number of rotatable bonds is 6. The Balaban J connectivity index is 2.59. The summed E-state index contributed by atoms with van der Waals surface area (Å²) in [7, 11) is 0. The van der Waals surface area contributed by atoms with Crippen LogP contribution in [0.3, 0.4) is 0 Å². The van der Waals surface area contributed by atoms with Gasteiger partial charge in [0.25, 0.3) is 5.91 Å². The average Bonchev–Trinajstić information content (AvgIpc) is 2.37. The average molecular weight is 306 g/mol. The van der Waals surface area contributed by atoms with Crippen LogP contribution in [0, 0.1) is 17.6 Å². The maximum absolute atomic E-state index is 13.5. The van der Waals surface area contributed by atoms with Crippen molar-refractivity contribution in [2.45, 2.75) is 19.8 Å². The lowest BCUT2D eigenvalue weighted by Gasteiger charge is -2.12. The third kappa shape index (κ3) is 4.77. The smallest absolute Gasteiger partial charge is 0.303 e. The molecule has 1 unspecified atom stereocenters. The first-order valence-electron chi connectivity index (χ1n) is 5.95. The number of nitrogens with one attached hydrogen (secondary N) is 1. The van der Waals surface area contributed by atoms with Crippen LogP contribution in [0.2, 0.25) is 5.02 Å². The first-order valence-corrected chi connectivity index (χ1v) is 6.33. The summed E-state index contributed by atoms with van der Waals surface area (Å²) in [6.07, 6.45) is 0.369. The van der Waals surface area contributed by atoms with Crippen LogP contribution in [-0.4, -0.2) is 23.5 Å². The zero-order valence-electron chi connectivity index (χ0n) is 10.8. The lowest BCUT2D eigenvalue weighted by molar-refractivity contribution is -0.137. The van der Waals surface area contributed by atoms with E-state index < -0.39 is 34.1 Å². The number of amides is 1. The number of benzene rings is 1. The number of carbonyl (C=O) groups excluding carboxylic acids is 1. The number of carbonyl (C=O) groups is 2. The second-order valence-electron chi connectivity index (χ2n) is 4.49. The van der Waals surface area contributed by atoms with Gasteiger partial charge in [-0.3, -0.25) is 9.59 Å². The molecular weight excluding hydrogens is 292 g/mol. The molecule has 0 aliphatic heterocycles. The Morgan fingerprint density at radius 3 is 2.60 bits per heavy atom. The molecular formula is C13H14ClF2NO3. The third-order valence-electron chi connectivity index (χ3n) is 2.72. The Labute approximate surface area is 119 Å². The maximum Gasteiger partial charge on any atom is 0.303 e. The fourth-order valence-electron chi connectivity index (χ4n) is 1.53. The van der Waals surface area contributed by atoms with Crippen LogP contribution in [0.15, 0.2) is 12.1 Å². The van der Waals surface area contributed by atoms with Crippen molar-refractivity contribution in [3.8, 4) is 0 Å². The molecule has 1 atom stereocenters. The van der Waals surface area contributed by atoms with Gasteiger partial charge in [-0.15, -0.1) is 0 Å². The minimum atomic E-state index is -0.922. The summed E-state index contributed by atoms with van der Waals surface area (Å²) in [6, 6.07) is 1.47. The Morgan fingerprint density at radius 1 is 1.35 bits per heavy atom. The molecule has 1 aromatic carbocycles. The number of carboxylic acids is 1. The molecule has 0 saturated carbocycles. The number of carboxylic acid groups (broad SMARTS) is 1. The molecule has 1 aromatic rings. The van der Waals surface area contributed by atoms with Gasteiger partial charge in [-0.25, -0.2) is 8.78 Å². The van der Waals surface area contributed by atoms with Crippen molar-refractivity contribution in [1.82, 2.24) is 5.32 Å². The molecule has 7 heteroatoms. The van der Waals surface area contributed by atoms with Crippen molar-refractivity contribution in [3.05, 3.63) is 34.4 Å². The molecule has 0 fully saturated rings. The van der Waals surface area contributed by atoms with Gasteiger partial charge in [0, 0.05) is 13.0 Å². The van der Waals surface area contributed by atoms with E-state index in [2.05, 4.69) is 5.32 Å². The molecule has 0 spiro atoms. The zero-order valence-corrected chi connectivity index (χ0v) is 11.5. The van der Waals surface area contributed by atoms with E-state index in [-0.39, 0.29) is 18.9 Å². The largest absolute Gasteiger partial charge is 0.481 e. The minimum Gasteiger partial charge on any atom is -0.481 e. The van der Waals surface area contributed by atoms with Crippen LogP contribution < -0.4 is 5.32 Å². The molecule has 110 valence electrons. The van der Waals surface area contributed by atoms with E-state index in [4.69, 9.17) is 16.7 Å². The van der Waals surface area contributed by atoms with Gasteiger partial charge in [-0.2, -0.15) is 0 Å². The number of halogens is 3. The molecule has 0 heterocycles. The van der Waals surface area contributed by atoms with Crippen molar-refractivity contribution in [2.24, 2.45) is 5.92 Å². The van der Waals surface area contributed by atoms with Gasteiger partial charge in [-0.05, 0) is 24.5 Å². The Bertz CT molecular complexity index is 523. The zero-order chi connectivity index (χ0) is 15.3. The van der Waals surface area contributed by atoms with Crippen molar-refractivity contribution in [1.29, 1.82) is 0 Å². The van der Waals surface area contributed by atoms with Gasteiger partial charge >= 0.3 is 5.97 Å². The van der Waals surface area contributed by atoms with Crippen LogP contribution in [0.1, 0.15) is 30.1 Å². The normalized spacial score (nSPS) is 12.0. The molecule has 0 saturated heterocycles. The van der Waals surface area contributed by atoms with E-state index in [9.17, 15) is 18.4 Å². The topological polar surface area (TPSA) is 66.4 Å². The van der Waals surface area contributed by atoms with Crippen molar-refractivity contribution in [3.63, 3.8) is 0 Å². The highest BCUT2D eigenvalue weighted by Crippen LogP contribution is 2.19. The summed E-state index contributed by atoms with van der Waals surface area (Å²) < 4.78 is 26.7. The molecule has 0 radical (unpaired) electrons. The molecule has 2 N–H and O–H groups in total. The highest BCUT2D eigenvalue weighted by molar-refractivity contribution is 6.30. The Kier molecular flexibility index (Phi) is 5.88. The monoisotopic (exact) mass is 305 g/mol. The highest BCUT2D eigenvalue weighted by Gasteiger charge is 2.16. The van der Waals surface area contributed by atoms with Crippen LogP contribution in [0.4, 0.5) is 8.78 Å². The second kappa shape index (κ2) is 7.19. The summed E-state index contributed by atoms with van der Waals surface area (Å²) in [5.74, 6) is -3.56. The number of aliphatic carboxylic acids is 1. The Morgan fingerprint density at radius 2 is 2.00 bits per heavy atom. The molecule has 20 heavy (non-hydrogen) atoms. The first kappa shape index (κ1) is 16.4. The first-order chi connectivity index (χ1) is 9.31. The van der Waals surface area contributed by atoms with Gasteiger partial charge in [0.1, 0.15) is 11.6 Å². The second-order valence-corrected chi connectivity index (χ2v) is 4.90. The molecule has 1 rings (SSSR count). The molecule has 1 amide bonds. The summed E-state index contributed by atoms with van der Waals surface area (Å²) in [4.78, 5) is 22.1. The van der Waals surface area contributed by atoms with Crippen molar-refractivity contribution < 1.29 is 23.5 Å². The van der Waals surface area contributed by atoms with Gasteiger partial charge in [0.15, 0.2) is 0 Å². The third-order valence-corrected chi connectivity index (χ3v) is 3.01. The molecule has 0 aromatic heterocycles. The van der Waals surface area contributed by atoms with Crippen LogP contribution in [-0.2, 0) is 4.79 Å². The van der Waals surface area contributed by atoms with Crippen molar-refractivity contribution >= 4 is 23.5 Å². The lowest BCUT2D eigenvalue weighted by atomic mass is 10.1. The Hall–Kier alpha value is -1.69. The fraction of sp³-hybridized carbons (Fsp3) is 0.385. The van der Waals surface area contributed by atoms with Crippen molar-refractivity contribution in [2.75, 3.05) is 6.54 Å². The van der Waals surface area contributed by atoms with E-state index in [1.165, 1.54) is 0 Å². The SMILES string of the molecule is CC(CCC(=O)O)CNC(=O)c1cc(F)c(Cl)cc1F. The minimum absolute atomic E-state index is 0.0129. The van der Waals surface area contributed by atoms with E-state index in [0.29, 0.717) is 6.42 Å². The maximum atomic E-state index is 13.5. The van der Waals surface area contributed by atoms with Gasteiger partial charge in [0.2, 0.25) is 0 Å². The predicted octanol–water partition coefficient (Wildman–Crippen LogP) is 2.85. The summed E-state index contributed by atoms with van der Waals surface area (Å²) in [5, 5.41) is 10.6. The quantitative estimate of drug-likeness (QED) is 0.794. The molecule has 0 aliphatic rings. The van der Waals surface area contributed by atoms with E-state index >= 15 is 0 Å².